The van der Waals surface area contributed by atoms with E-state index in [9.17, 15) is 22.8 Å². The Bertz CT molecular complexity index is 901. The lowest BCUT2D eigenvalue weighted by atomic mass is 10.1. The molecule has 0 amide bonds. The standard InChI is InChI=1S/C11H13F3N2O2.C9H12N2O2/c1-2-18-10(17)7-3-8-5-15-16(9(8)4-7)6-11(12,13)14;1-2-13-9(12)6-3-7-5-10-11-8(7)4-6/h5,7H,2-4,6H2,1H3;5-6H,2-4H2,1H3,(H,10,11). The summed E-state index contributed by atoms with van der Waals surface area (Å²) in [6.07, 6.45) is 1.08. The second-order valence-electron chi connectivity index (χ2n) is 7.48. The fraction of sp³-hybridized carbons (Fsp3) is 0.600. The summed E-state index contributed by atoms with van der Waals surface area (Å²) in [7, 11) is 0. The number of nitrogens with zero attached hydrogens (tertiary/aromatic N) is 3. The van der Waals surface area contributed by atoms with E-state index < -0.39 is 12.7 Å². The molecular formula is C20H25F3N4O4. The van der Waals surface area contributed by atoms with Crippen molar-refractivity contribution in [2.45, 2.75) is 52.3 Å². The molecule has 0 aromatic carbocycles. The highest BCUT2D eigenvalue weighted by atomic mass is 19.4. The maximum absolute atomic E-state index is 12.3. The highest BCUT2D eigenvalue weighted by Gasteiger charge is 2.35. The fourth-order valence-electron chi connectivity index (χ4n) is 3.86. The SMILES string of the molecule is CCOC(=O)C1Cc2cn[nH]c2C1.CCOC(=O)C1Cc2cnn(CC(F)(F)F)c2C1. The second-order valence-corrected chi connectivity index (χ2v) is 7.48. The van der Waals surface area contributed by atoms with Crippen molar-refractivity contribution in [3.8, 4) is 0 Å². The first-order chi connectivity index (χ1) is 14.7. The smallest absolute Gasteiger partial charge is 0.408 e. The van der Waals surface area contributed by atoms with E-state index in [4.69, 9.17) is 9.47 Å². The number of esters is 2. The number of aromatic amines is 1. The van der Waals surface area contributed by atoms with E-state index in [2.05, 4.69) is 15.3 Å². The van der Waals surface area contributed by atoms with Crippen LogP contribution >= 0.6 is 0 Å². The third-order valence-electron chi connectivity index (χ3n) is 5.23. The third kappa shape index (κ3) is 5.65. The molecule has 0 spiro atoms. The molecular weight excluding hydrogens is 417 g/mol. The Morgan fingerprint density at radius 2 is 1.65 bits per heavy atom. The van der Waals surface area contributed by atoms with Crippen molar-refractivity contribution in [2.75, 3.05) is 13.2 Å². The molecule has 2 aromatic rings. The summed E-state index contributed by atoms with van der Waals surface area (Å²) in [5.41, 5.74) is 3.43. The van der Waals surface area contributed by atoms with Gasteiger partial charge in [-0.3, -0.25) is 19.4 Å². The first kappa shape index (κ1) is 22.8. The zero-order valence-electron chi connectivity index (χ0n) is 17.4. The van der Waals surface area contributed by atoms with Crippen molar-refractivity contribution in [1.82, 2.24) is 20.0 Å². The summed E-state index contributed by atoms with van der Waals surface area (Å²) >= 11 is 0. The van der Waals surface area contributed by atoms with Gasteiger partial charge in [-0.05, 0) is 37.8 Å². The summed E-state index contributed by atoms with van der Waals surface area (Å²) in [5, 5.41) is 10.5. The highest BCUT2D eigenvalue weighted by molar-refractivity contribution is 5.74. The average Bonchev–Trinajstić information content (AvgIpc) is 3.43. The van der Waals surface area contributed by atoms with E-state index in [0.29, 0.717) is 24.3 Å². The molecule has 2 aliphatic rings. The number of alkyl halides is 3. The van der Waals surface area contributed by atoms with Crippen LogP contribution < -0.4 is 0 Å². The van der Waals surface area contributed by atoms with E-state index in [-0.39, 0.29) is 36.8 Å². The Labute approximate surface area is 177 Å². The van der Waals surface area contributed by atoms with Gasteiger partial charge in [0.05, 0.1) is 37.4 Å². The number of halogens is 3. The lowest BCUT2D eigenvalue weighted by Gasteiger charge is -2.11. The van der Waals surface area contributed by atoms with Gasteiger partial charge in [0.1, 0.15) is 6.54 Å². The molecule has 2 aromatic heterocycles. The number of rotatable bonds is 5. The van der Waals surface area contributed by atoms with E-state index >= 15 is 0 Å². The third-order valence-corrected chi connectivity index (χ3v) is 5.23. The molecule has 170 valence electrons. The van der Waals surface area contributed by atoms with Gasteiger partial charge in [-0.15, -0.1) is 0 Å². The summed E-state index contributed by atoms with van der Waals surface area (Å²) < 4.78 is 47.7. The van der Waals surface area contributed by atoms with Crippen LogP contribution in [0.2, 0.25) is 0 Å². The zero-order valence-corrected chi connectivity index (χ0v) is 17.4. The summed E-state index contributed by atoms with van der Waals surface area (Å²) in [6.45, 7) is 3.15. The van der Waals surface area contributed by atoms with Crippen molar-refractivity contribution in [2.24, 2.45) is 11.8 Å². The Morgan fingerprint density at radius 1 is 1.03 bits per heavy atom. The Hall–Kier alpha value is -2.85. The number of fused-ring (bicyclic) bond motifs is 2. The first-order valence-corrected chi connectivity index (χ1v) is 10.2. The topological polar surface area (TPSA) is 99.1 Å². The van der Waals surface area contributed by atoms with Gasteiger partial charge < -0.3 is 9.47 Å². The molecule has 0 saturated heterocycles. The maximum Gasteiger partial charge on any atom is 0.408 e. The van der Waals surface area contributed by atoms with Crippen LogP contribution in [0, 0.1) is 11.8 Å². The van der Waals surface area contributed by atoms with Crippen molar-refractivity contribution < 1.29 is 32.2 Å². The van der Waals surface area contributed by atoms with Gasteiger partial charge in [0.25, 0.3) is 0 Å². The zero-order chi connectivity index (χ0) is 22.6. The van der Waals surface area contributed by atoms with Gasteiger partial charge in [0, 0.05) is 24.2 Å². The number of H-pyrrole nitrogens is 1. The minimum absolute atomic E-state index is 0.00389. The van der Waals surface area contributed by atoms with Crippen LogP contribution in [-0.4, -0.2) is 51.3 Å². The van der Waals surface area contributed by atoms with Crippen LogP contribution in [0.3, 0.4) is 0 Å². The molecule has 4 rings (SSSR count). The van der Waals surface area contributed by atoms with Crippen molar-refractivity contribution in [3.05, 3.63) is 34.9 Å². The molecule has 0 saturated carbocycles. The molecule has 2 unspecified atom stereocenters. The number of ether oxygens (including phenoxy) is 2. The number of nitrogens with one attached hydrogen (secondary N) is 1. The van der Waals surface area contributed by atoms with Crippen LogP contribution in [-0.2, 0) is 51.3 Å². The second kappa shape index (κ2) is 9.52. The van der Waals surface area contributed by atoms with Gasteiger partial charge in [-0.25, -0.2) is 0 Å². The molecule has 0 radical (unpaired) electrons. The number of aromatic nitrogens is 4. The Morgan fingerprint density at radius 3 is 2.23 bits per heavy atom. The van der Waals surface area contributed by atoms with Gasteiger partial charge in [0.15, 0.2) is 0 Å². The molecule has 2 heterocycles. The minimum atomic E-state index is -4.30. The van der Waals surface area contributed by atoms with Crippen molar-refractivity contribution in [1.29, 1.82) is 0 Å². The number of carbonyl (C=O) groups excluding carboxylic acids is 2. The largest absolute Gasteiger partial charge is 0.466 e. The van der Waals surface area contributed by atoms with E-state index in [1.54, 1.807) is 13.1 Å². The van der Waals surface area contributed by atoms with Crippen LogP contribution in [0.1, 0.15) is 36.4 Å². The van der Waals surface area contributed by atoms with Crippen LogP contribution in [0.15, 0.2) is 12.4 Å². The van der Waals surface area contributed by atoms with Crippen LogP contribution in [0.25, 0.3) is 0 Å². The van der Waals surface area contributed by atoms with Crippen molar-refractivity contribution in [3.63, 3.8) is 0 Å². The maximum atomic E-state index is 12.3. The minimum Gasteiger partial charge on any atom is -0.466 e. The molecule has 11 heteroatoms. The highest BCUT2D eigenvalue weighted by Crippen LogP contribution is 2.29. The molecule has 31 heavy (non-hydrogen) atoms. The monoisotopic (exact) mass is 442 g/mol. The van der Waals surface area contributed by atoms with Crippen molar-refractivity contribution >= 4 is 11.9 Å². The number of hydrogen-bond acceptors (Lipinski definition) is 6. The molecule has 1 N–H and O–H groups in total. The molecule has 2 atom stereocenters. The van der Waals surface area contributed by atoms with E-state index in [1.165, 1.54) is 6.20 Å². The van der Waals surface area contributed by atoms with Crippen LogP contribution in [0.5, 0.6) is 0 Å². The van der Waals surface area contributed by atoms with E-state index in [0.717, 1.165) is 28.8 Å². The van der Waals surface area contributed by atoms with Crippen LogP contribution in [0.4, 0.5) is 13.2 Å². The first-order valence-electron chi connectivity index (χ1n) is 10.2. The van der Waals surface area contributed by atoms with Gasteiger partial charge in [-0.2, -0.15) is 23.4 Å². The summed E-state index contributed by atoms with van der Waals surface area (Å²) in [4.78, 5) is 22.9. The predicted octanol–water partition coefficient (Wildman–Crippen LogP) is 2.41. The number of carbonyl (C=O) groups is 2. The molecule has 8 nitrogen and oxygen atoms in total. The van der Waals surface area contributed by atoms with Gasteiger partial charge >= 0.3 is 18.1 Å². The van der Waals surface area contributed by atoms with Gasteiger partial charge in [-0.1, -0.05) is 0 Å². The molecule has 0 aliphatic heterocycles. The summed E-state index contributed by atoms with van der Waals surface area (Å²) in [6, 6.07) is 0. The molecule has 2 aliphatic carbocycles. The lowest BCUT2D eigenvalue weighted by molar-refractivity contribution is -0.148. The molecule has 0 fully saturated rings. The Kier molecular flexibility index (Phi) is 7.01. The number of hydrogen-bond donors (Lipinski definition) is 1. The van der Waals surface area contributed by atoms with Gasteiger partial charge in [0.2, 0.25) is 0 Å². The predicted molar refractivity (Wildman–Crippen MR) is 102 cm³/mol. The Balaban J connectivity index is 0.000000185. The molecule has 0 bridgehead atoms. The lowest BCUT2D eigenvalue weighted by Crippen LogP contribution is -2.22. The average molecular weight is 442 g/mol. The normalized spacial score (nSPS) is 19.3. The van der Waals surface area contributed by atoms with E-state index in [1.807, 2.05) is 6.92 Å². The summed E-state index contributed by atoms with van der Waals surface area (Å²) in [5.74, 6) is -0.819. The quantitative estimate of drug-likeness (QED) is 0.714. The fourth-order valence-corrected chi connectivity index (χ4v) is 3.86.